The first-order valence-corrected chi connectivity index (χ1v) is 10.00. The second kappa shape index (κ2) is 9.79. The van der Waals surface area contributed by atoms with E-state index in [1.807, 2.05) is 29.6 Å². The number of rotatable bonds is 8. The second-order valence-corrected chi connectivity index (χ2v) is 6.89. The highest BCUT2D eigenvalue weighted by molar-refractivity contribution is 7.14. The van der Waals surface area contributed by atoms with Crippen molar-refractivity contribution in [1.82, 2.24) is 4.98 Å². The van der Waals surface area contributed by atoms with Crippen LogP contribution >= 0.6 is 11.3 Å². The molecule has 2 aromatic carbocycles. The Kier molecular flexibility index (Phi) is 6.91. The van der Waals surface area contributed by atoms with Gasteiger partial charge in [-0.25, -0.2) is 9.78 Å². The summed E-state index contributed by atoms with van der Waals surface area (Å²) in [5.74, 6) is 1.82. The van der Waals surface area contributed by atoms with Gasteiger partial charge in [0.2, 0.25) is 0 Å². The summed E-state index contributed by atoms with van der Waals surface area (Å²) in [5, 5.41) is 7.88. The standard InChI is InChI=1S/C21H23N3O4S/c1-4-12-28-15-10-8-14(9-11-15)17-13-29-21(23-17)24-20(25)22-16-6-5-7-18(26-2)19(16)27-3/h5-11,13H,4,12H2,1-3H3,(H2,22,23,24,25). The van der Waals surface area contributed by atoms with Crippen LogP contribution in [-0.4, -0.2) is 31.8 Å². The average Bonchev–Trinajstić information content (AvgIpc) is 3.20. The van der Waals surface area contributed by atoms with Crippen molar-refractivity contribution < 1.29 is 19.0 Å². The van der Waals surface area contributed by atoms with Crippen LogP contribution in [-0.2, 0) is 0 Å². The predicted molar refractivity (Wildman–Crippen MR) is 116 cm³/mol. The Morgan fingerprint density at radius 3 is 2.55 bits per heavy atom. The maximum absolute atomic E-state index is 12.4. The second-order valence-electron chi connectivity index (χ2n) is 6.03. The lowest BCUT2D eigenvalue weighted by atomic mass is 10.2. The highest BCUT2D eigenvalue weighted by atomic mass is 32.1. The largest absolute Gasteiger partial charge is 0.494 e. The van der Waals surface area contributed by atoms with Crippen LogP contribution in [0.4, 0.5) is 15.6 Å². The minimum Gasteiger partial charge on any atom is -0.494 e. The monoisotopic (exact) mass is 413 g/mol. The molecule has 3 aromatic rings. The first kappa shape index (κ1) is 20.5. The molecule has 0 aliphatic carbocycles. The van der Waals surface area contributed by atoms with Crippen LogP contribution in [0, 0.1) is 0 Å². The molecule has 0 radical (unpaired) electrons. The Balaban J connectivity index is 1.65. The number of urea groups is 1. The minimum absolute atomic E-state index is 0.416. The number of amides is 2. The van der Waals surface area contributed by atoms with Crippen LogP contribution in [0.3, 0.4) is 0 Å². The first-order valence-electron chi connectivity index (χ1n) is 9.12. The molecule has 2 amide bonds. The number of hydrogen-bond donors (Lipinski definition) is 2. The molecule has 0 saturated carbocycles. The van der Waals surface area contributed by atoms with E-state index < -0.39 is 6.03 Å². The third-order valence-electron chi connectivity index (χ3n) is 4.00. The van der Waals surface area contributed by atoms with Crippen LogP contribution in [0.1, 0.15) is 13.3 Å². The molecule has 7 nitrogen and oxygen atoms in total. The molecule has 1 heterocycles. The van der Waals surface area contributed by atoms with E-state index in [0.29, 0.717) is 28.9 Å². The third kappa shape index (κ3) is 5.17. The number of nitrogens with one attached hydrogen (secondary N) is 2. The average molecular weight is 413 g/mol. The SMILES string of the molecule is CCCOc1ccc(-c2csc(NC(=O)Nc3cccc(OC)c3OC)n2)cc1. The van der Waals surface area contributed by atoms with Gasteiger partial charge in [-0.15, -0.1) is 11.3 Å². The fourth-order valence-corrected chi connectivity index (χ4v) is 3.36. The van der Waals surface area contributed by atoms with Crippen LogP contribution < -0.4 is 24.8 Å². The lowest BCUT2D eigenvalue weighted by molar-refractivity contribution is 0.262. The molecule has 1 aromatic heterocycles. The van der Waals surface area contributed by atoms with Crippen molar-refractivity contribution in [2.75, 3.05) is 31.5 Å². The summed E-state index contributed by atoms with van der Waals surface area (Å²) < 4.78 is 16.2. The quantitative estimate of drug-likeness (QED) is 0.526. The molecule has 0 aliphatic heterocycles. The van der Waals surface area contributed by atoms with Gasteiger partial charge < -0.3 is 19.5 Å². The fraction of sp³-hybridized carbons (Fsp3) is 0.238. The van der Waals surface area contributed by atoms with Gasteiger partial charge in [-0.3, -0.25) is 5.32 Å². The zero-order valence-corrected chi connectivity index (χ0v) is 17.3. The molecule has 0 bridgehead atoms. The molecule has 0 unspecified atom stereocenters. The van der Waals surface area contributed by atoms with E-state index in [2.05, 4.69) is 22.5 Å². The summed E-state index contributed by atoms with van der Waals surface area (Å²) in [6, 6.07) is 12.6. The molecule has 0 saturated heterocycles. The summed E-state index contributed by atoms with van der Waals surface area (Å²) in [4.78, 5) is 16.9. The smallest absolute Gasteiger partial charge is 0.325 e. The van der Waals surface area contributed by atoms with Gasteiger partial charge in [0.05, 0.1) is 32.2 Å². The van der Waals surface area contributed by atoms with Gasteiger partial charge in [-0.05, 0) is 42.8 Å². The van der Waals surface area contributed by atoms with Crippen molar-refractivity contribution >= 4 is 28.2 Å². The molecule has 2 N–H and O–H groups in total. The minimum atomic E-state index is -0.416. The van der Waals surface area contributed by atoms with Crippen molar-refractivity contribution in [2.45, 2.75) is 13.3 Å². The number of benzene rings is 2. The summed E-state index contributed by atoms with van der Waals surface area (Å²) in [7, 11) is 3.06. The number of hydrogen-bond acceptors (Lipinski definition) is 6. The van der Waals surface area contributed by atoms with Crippen molar-refractivity contribution in [2.24, 2.45) is 0 Å². The maximum atomic E-state index is 12.4. The van der Waals surface area contributed by atoms with Crippen LogP contribution in [0.25, 0.3) is 11.3 Å². The molecule has 29 heavy (non-hydrogen) atoms. The number of nitrogens with zero attached hydrogens (tertiary/aromatic N) is 1. The van der Waals surface area contributed by atoms with E-state index >= 15 is 0 Å². The number of ether oxygens (including phenoxy) is 3. The molecule has 0 spiro atoms. The van der Waals surface area contributed by atoms with Gasteiger partial charge in [-0.2, -0.15) is 0 Å². The lowest BCUT2D eigenvalue weighted by Crippen LogP contribution is -2.19. The molecule has 0 aliphatic rings. The van der Waals surface area contributed by atoms with Gasteiger partial charge in [0.1, 0.15) is 5.75 Å². The Morgan fingerprint density at radius 2 is 1.86 bits per heavy atom. The Bertz CT molecular complexity index is 957. The Hall–Kier alpha value is -3.26. The number of carbonyl (C=O) groups is 1. The van der Waals surface area contributed by atoms with Crippen molar-refractivity contribution in [1.29, 1.82) is 0 Å². The van der Waals surface area contributed by atoms with Crippen molar-refractivity contribution in [3.63, 3.8) is 0 Å². The number of methoxy groups -OCH3 is 2. The highest BCUT2D eigenvalue weighted by Gasteiger charge is 2.13. The topological polar surface area (TPSA) is 81.7 Å². The van der Waals surface area contributed by atoms with Gasteiger partial charge >= 0.3 is 6.03 Å². The number of anilines is 2. The summed E-state index contributed by atoms with van der Waals surface area (Å²) >= 11 is 1.35. The summed E-state index contributed by atoms with van der Waals surface area (Å²) in [6.07, 6.45) is 0.965. The molecule has 8 heteroatoms. The first-order chi connectivity index (χ1) is 14.1. The van der Waals surface area contributed by atoms with Crippen molar-refractivity contribution in [3.05, 3.63) is 47.8 Å². The zero-order valence-electron chi connectivity index (χ0n) is 16.5. The number of carbonyl (C=O) groups excluding carboxylic acids is 1. The molecule has 152 valence electrons. The number of thiazole rings is 1. The Morgan fingerprint density at radius 1 is 1.07 bits per heavy atom. The fourth-order valence-electron chi connectivity index (χ4n) is 2.64. The predicted octanol–water partition coefficient (Wildman–Crippen LogP) is 5.26. The van der Waals surface area contributed by atoms with Gasteiger partial charge in [0, 0.05) is 10.9 Å². The van der Waals surface area contributed by atoms with E-state index in [-0.39, 0.29) is 0 Å². The van der Waals surface area contributed by atoms with Crippen LogP contribution in [0.2, 0.25) is 0 Å². The van der Waals surface area contributed by atoms with Gasteiger partial charge in [-0.1, -0.05) is 13.0 Å². The molecule has 3 rings (SSSR count). The maximum Gasteiger partial charge on any atom is 0.325 e. The van der Waals surface area contributed by atoms with E-state index in [4.69, 9.17) is 14.2 Å². The van der Waals surface area contributed by atoms with Crippen LogP contribution in [0.15, 0.2) is 47.8 Å². The van der Waals surface area contributed by atoms with Gasteiger partial charge in [0.15, 0.2) is 16.6 Å². The van der Waals surface area contributed by atoms with Crippen LogP contribution in [0.5, 0.6) is 17.2 Å². The van der Waals surface area contributed by atoms with Crippen molar-refractivity contribution in [3.8, 4) is 28.5 Å². The molecular weight excluding hydrogens is 390 g/mol. The lowest BCUT2D eigenvalue weighted by Gasteiger charge is -2.13. The van der Waals surface area contributed by atoms with E-state index in [9.17, 15) is 4.79 Å². The number of aromatic nitrogens is 1. The summed E-state index contributed by atoms with van der Waals surface area (Å²) in [6.45, 7) is 2.76. The van der Waals surface area contributed by atoms with E-state index in [0.717, 1.165) is 23.4 Å². The molecule has 0 fully saturated rings. The normalized spacial score (nSPS) is 10.3. The Labute approximate surface area is 173 Å². The summed E-state index contributed by atoms with van der Waals surface area (Å²) in [5.41, 5.74) is 2.24. The number of para-hydroxylation sites is 1. The van der Waals surface area contributed by atoms with E-state index in [1.165, 1.54) is 18.4 Å². The van der Waals surface area contributed by atoms with E-state index in [1.54, 1.807) is 25.3 Å². The third-order valence-corrected chi connectivity index (χ3v) is 4.76. The molecular formula is C21H23N3O4S. The van der Waals surface area contributed by atoms with Gasteiger partial charge in [0.25, 0.3) is 0 Å². The highest BCUT2D eigenvalue weighted by Crippen LogP contribution is 2.35. The molecule has 0 atom stereocenters. The zero-order chi connectivity index (χ0) is 20.6.